The van der Waals surface area contributed by atoms with Crippen molar-refractivity contribution in [1.29, 1.82) is 0 Å². The van der Waals surface area contributed by atoms with Gasteiger partial charge < -0.3 is 10.1 Å². The number of halogens is 1. The van der Waals surface area contributed by atoms with Crippen molar-refractivity contribution in [3.05, 3.63) is 57.6 Å². The molecule has 1 aliphatic heterocycles. The molecule has 104 valence electrons. The van der Waals surface area contributed by atoms with Crippen LogP contribution in [-0.4, -0.2) is 6.61 Å². The average Bonchev–Trinajstić information content (AvgIpc) is 2.86. The lowest BCUT2D eigenvalue weighted by molar-refractivity contribution is 0.354. The van der Waals surface area contributed by atoms with Crippen molar-refractivity contribution in [3.8, 4) is 5.75 Å². The van der Waals surface area contributed by atoms with Crippen molar-refractivity contribution in [2.24, 2.45) is 0 Å². The molecule has 0 atom stereocenters. The van der Waals surface area contributed by atoms with Crippen LogP contribution in [0.15, 0.2) is 30.3 Å². The monoisotopic (exact) mass is 287 g/mol. The van der Waals surface area contributed by atoms with Crippen molar-refractivity contribution in [2.75, 3.05) is 11.9 Å². The number of benzene rings is 2. The Kier molecular flexibility index (Phi) is 3.58. The van der Waals surface area contributed by atoms with Gasteiger partial charge in [0.25, 0.3) is 0 Å². The van der Waals surface area contributed by atoms with Crippen molar-refractivity contribution < 1.29 is 4.74 Å². The molecule has 0 radical (unpaired) electrons. The molecule has 1 aliphatic rings. The molecule has 3 heteroatoms. The van der Waals surface area contributed by atoms with Crippen LogP contribution in [0.4, 0.5) is 5.69 Å². The third kappa shape index (κ3) is 2.48. The minimum atomic E-state index is 0.731. The fourth-order valence-corrected chi connectivity index (χ4v) is 3.02. The Morgan fingerprint density at radius 2 is 1.95 bits per heavy atom. The van der Waals surface area contributed by atoms with Gasteiger partial charge in [0.15, 0.2) is 0 Å². The first-order valence-corrected chi connectivity index (χ1v) is 7.27. The summed E-state index contributed by atoms with van der Waals surface area (Å²) in [7, 11) is 0. The highest BCUT2D eigenvalue weighted by molar-refractivity contribution is 6.30. The van der Waals surface area contributed by atoms with E-state index >= 15 is 0 Å². The predicted octanol–water partition coefficient (Wildman–Crippen LogP) is 4.50. The van der Waals surface area contributed by atoms with E-state index in [9.17, 15) is 0 Å². The fourth-order valence-electron chi connectivity index (χ4n) is 2.75. The minimum absolute atomic E-state index is 0.731. The summed E-state index contributed by atoms with van der Waals surface area (Å²) in [6.45, 7) is 5.73. The summed E-state index contributed by atoms with van der Waals surface area (Å²) < 4.78 is 5.73. The zero-order valence-electron chi connectivity index (χ0n) is 11.8. The lowest BCUT2D eigenvalue weighted by Crippen LogP contribution is -2.04. The van der Waals surface area contributed by atoms with E-state index in [1.807, 2.05) is 12.1 Å². The van der Waals surface area contributed by atoms with Gasteiger partial charge in [-0.3, -0.25) is 0 Å². The maximum atomic E-state index is 6.19. The van der Waals surface area contributed by atoms with Crippen LogP contribution in [-0.2, 0) is 13.0 Å². The van der Waals surface area contributed by atoms with Crippen molar-refractivity contribution in [3.63, 3.8) is 0 Å². The summed E-state index contributed by atoms with van der Waals surface area (Å²) in [6.07, 6.45) is 0.951. The van der Waals surface area contributed by atoms with Crippen molar-refractivity contribution >= 4 is 17.3 Å². The Morgan fingerprint density at radius 1 is 1.20 bits per heavy atom. The standard InChI is InChI=1S/C17H18ClNO/c1-11-4-3-5-12(2)16(11)19-10-14-9-15(18)8-13-6-7-20-17(13)14/h3-5,8-9,19H,6-7,10H2,1-2H3. The SMILES string of the molecule is Cc1cccc(C)c1NCc1cc(Cl)cc2c1OCC2. The van der Waals surface area contributed by atoms with Gasteiger partial charge in [-0.25, -0.2) is 0 Å². The first-order valence-electron chi connectivity index (χ1n) is 6.89. The molecule has 0 saturated heterocycles. The Balaban J connectivity index is 1.86. The second-order valence-electron chi connectivity index (χ2n) is 5.27. The molecule has 0 bridgehead atoms. The second-order valence-corrected chi connectivity index (χ2v) is 5.71. The van der Waals surface area contributed by atoms with Crippen LogP contribution < -0.4 is 10.1 Å². The number of aryl methyl sites for hydroxylation is 2. The zero-order valence-corrected chi connectivity index (χ0v) is 12.6. The Hall–Kier alpha value is -1.67. The highest BCUT2D eigenvalue weighted by atomic mass is 35.5. The third-order valence-corrected chi connectivity index (χ3v) is 3.98. The smallest absolute Gasteiger partial charge is 0.127 e. The van der Waals surface area contributed by atoms with Gasteiger partial charge in [0.2, 0.25) is 0 Å². The predicted molar refractivity (Wildman–Crippen MR) is 83.9 cm³/mol. The maximum absolute atomic E-state index is 6.19. The first kappa shape index (κ1) is 13.3. The minimum Gasteiger partial charge on any atom is -0.493 e. The summed E-state index contributed by atoms with van der Waals surface area (Å²) in [5.41, 5.74) is 6.05. The number of ether oxygens (including phenoxy) is 1. The van der Waals surface area contributed by atoms with E-state index in [0.717, 1.165) is 35.9 Å². The van der Waals surface area contributed by atoms with E-state index in [2.05, 4.69) is 37.4 Å². The van der Waals surface area contributed by atoms with Crippen LogP contribution in [0.1, 0.15) is 22.3 Å². The normalized spacial score (nSPS) is 12.9. The van der Waals surface area contributed by atoms with Crippen LogP contribution in [0.5, 0.6) is 5.75 Å². The molecule has 1 heterocycles. The van der Waals surface area contributed by atoms with E-state index in [1.54, 1.807) is 0 Å². The van der Waals surface area contributed by atoms with Crippen LogP contribution in [0.3, 0.4) is 0 Å². The summed E-state index contributed by atoms with van der Waals surface area (Å²) in [5.74, 6) is 1.01. The molecule has 0 aromatic heterocycles. The van der Waals surface area contributed by atoms with Gasteiger partial charge in [-0.2, -0.15) is 0 Å². The molecular weight excluding hydrogens is 270 g/mol. The van der Waals surface area contributed by atoms with Crippen LogP contribution in [0, 0.1) is 13.8 Å². The van der Waals surface area contributed by atoms with Gasteiger partial charge in [0, 0.05) is 29.2 Å². The molecule has 1 N–H and O–H groups in total. The number of para-hydroxylation sites is 1. The van der Waals surface area contributed by atoms with E-state index in [4.69, 9.17) is 16.3 Å². The summed E-state index contributed by atoms with van der Waals surface area (Å²) >= 11 is 6.19. The number of hydrogen-bond acceptors (Lipinski definition) is 2. The van der Waals surface area contributed by atoms with Gasteiger partial charge in [0.05, 0.1) is 6.61 Å². The molecule has 2 nitrogen and oxygen atoms in total. The fraction of sp³-hybridized carbons (Fsp3) is 0.294. The summed E-state index contributed by atoms with van der Waals surface area (Å²) in [4.78, 5) is 0. The first-order chi connectivity index (χ1) is 9.65. The third-order valence-electron chi connectivity index (χ3n) is 3.76. The van der Waals surface area contributed by atoms with Gasteiger partial charge in [-0.1, -0.05) is 29.8 Å². The Morgan fingerprint density at radius 3 is 2.70 bits per heavy atom. The zero-order chi connectivity index (χ0) is 14.1. The second kappa shape index (κ2) is 5.37. The molecule has 2 aromatic rings. The largest absolute Gasteiger partial charge is 0.493 e. The van der Waals surface area contributed by atoms with Gasteiger partial charge in [0.1, 0.15) is 5.75 Å². The lowest BCUT2D eigenvalue weighted by atomic mass is 10.1. The Labute approximate surface area is 124 Å². The van der Waals surface area contributed by atoms with Crippen LogP contribution in [0.25, 0.3) is 0 Å². The number of rotatable bonds is 3. The van der Waals surface area contributed by atoms with Crippen molar-refractivity contribution in [2.45, 2.75) is 26.8 Å². The lowest BCUT2D eigenvalue weighted by Gasteiger charge is -2.14. The molecule has 3 rings (SSSR count). The molecular formula is C17H18ClNO. The topological polar surface area (TPSA) is 21.3 Å². The molecule has 2 aromatic carbocycles. The molecule has 0 saturated carbocycles. The number of hydrogen-bond donors (Lipinski definition) is 1. The number of nitrogens with one attached hydrogen (secondary N) is 1. The quantitative estimate of drug-likeness (QED) is 0.897. The van der Waals surface area contributed by atoms with E-state index < -0.39 is 0 Å². The van der Waals surface area contributed by atoms with Crippen molar-refractivity contribution in [1.82, 2.24) is 0 Å². The molecule has 20 heavy (non-hydrogen) atoms. The van der Waals surface area contributed by atoms with E-state index in [-0.39, 0.29) is 0 Å². The highest BCUT2D eigenvalue weighted by Crippen LogP contribution is 2.33. The number of fused-ring (bicyclic) bond motifs is 1. The van der Waals surface area contributed by atoms with E-state index in [1.165, 1.54) is 22.4 Å². The molecule has 0 fully saturated rings. The highest BCUT2D eigenvalue weighted by Gasteiger charge is 2.17. The summed E-state index contributed by atoms with van der Waals surface area (Å²) in [6, 6.07) is 10.3. The van der Waals surface area contributed by atoms with E-state index in [0.29, 0.717) is 0 Å². The maximum Gasteiger partial charge on any atom is 0.127 e. The molecule has 0 spiro atoms. The Bertz CT molecular complexity index is 631. The summed E-state index contributed by atoms with van der Waals surface area (Å²) in [5, 5.41) is 4.30. The molecule has 0 amide bonds. The number of anilines is 1. The molecule has 0 unspecified atom stereocenters. The molecule has 0 aliphatic carbocycles. The van der Waals surface area contributed by atoms with Crippen LogP contribution >= 0.6 is 11.6 Å². The van der Waals surface area contributed by atoms with Gasteiger partial charge >= 0.3 is 0 Å². The van der Waals surface area contributed by atoms with Gasteiger partial charge in [-0.15, -0.1) is 0 Å². The van der Waals surface area contributed by atoms with Crippen LogP contribution in [0.2, 0.25) is 5.02 Å². The van der Waals surface area contributed by atoms with Gasteiger partial charge in [-0.05, 0) is 42.7 Å². The average molecular weight is 288 g/mol.